The van der Waals surface area contributed by atoms with Crippen LogP contribution in [0.4, 0.5) is 5.69 Å². The molecular weight excluding hydrogens is 356 g/mol. The van der Waals surface area contributed by atoms with Gasteiger partial charge in [-0.25, -0.2) is 18.4 Å². The van der Waals surface area contributed by atoms with Crippen molar-refractivity contribution in [3.63, 3.8) is 0 Å². The number of carboxylic acid groups (broad SMARTS) is 1. The van der Waals surface area contributed by atoms with E-state index in [9.17, 15) is 18.3 Å². The highest BCUT2D eigenvalue weighted by atomic mass is 32.2. The van der Waals surface area contributed by atoms with Crippen LogP contribution in [-0.4, -0.2) is 25.2 Å². The fourth-order valence-corrected chi connectivity index (χ4v) is 3.32. The second-order valence-corrected chi connectivity index (χ2v) is 7.46. The van der Waals surface area contributed by atoms with E-state index in [2.05, 4.69) is 5.10 Å². The molecule has 0 bridgehead atoms. The van der Waals surface area contributed by atoms with Gasteiger partial charge in [0.05, 0.1) is 16.6 Å². The standard InChI is InChI=1S/C17H18N4O4S/c18-10-11-1-3-12(4-2-11)16-9-15(17(22)23)20-21(16)13-5-7-14(8-6-13)26(19,24)25/h1-8,16H,9-10,18H2,(H,22,23)(H2,19,24,25). The van der Waals surface area contributed by atoms with Gasteiger partial charge in [0.1, 0.15) is 5.71 Å². The zero-order chi connectivity index (χ0) is 18.9. The Kier molecular flexibility index (Phi) is 4.77. The van der Waals surface area contributed by atoms with Gasteiger partial charge in [-0.15, -0.1) is 0 Å². The highest BCUT2D eigenvalue weighted by Gasteiger charge is 2.32. The van der Waals surface area contributed by atoms with E-state index < -0.39 is 16.0 Å². The van der Waals surface area contributed by atoms with Gasteiger partial charge in [-0.05, 0) is 35.4 Å². The maximum absolute atomic E-state index is 11.4. The molecule has 1 aliphatic heterocycles. The topological polar surface area (TPSA) is 139 Å². The summed E-state index contributed by atoms with van der Waals surface area (Å²) in [5.74, 6) is -1.09. The predicted octanol–water partition coefficient (Wildman–Crippen LogP) is 1.18. The van der Waals surface area contributed by atoms with Gasteiger partial charge in [-0.2, -0.15) is 5.10 Å². The largest absolute Gasteiger partial charge is 0.477 e. The number of hydrogen-bond acceptors (Lipinski definition) is 6. The number of aliphatic carboxylic acids is 1. The Labute approximate surface area is 150 Å². The lowest BCUT2D eigenvalue weighted by molar-refractivity contribution is -0.129. The predicted molar refractivity (Wildman–Crippen MR) is 97.1 cm³/mol. The number of carboxylic acids is 1. The molecule has 0 spiro atoms. The number of rotatable bonds is 5. The van der Waals surface area contributed by atoms with Crippen LogP contribution in [0, 0.1) is 0 Å². The van der Waals surface area contributed by atoms with Crippen LogP contribution >= 0.6 is 0 Å². The normalized spacial score (nSPS) is 17.2. The summed E-state index contributed by atoms with van der Waals surface area (Å²) < 4.78 is 22.8. The summed E-state index contributed by atoms with van der Waals surface area (Å²) in [6, 6.07) is 13.1. The minimum atomic E-state index is -3.80. The Hall–Kier alpha value is -2.75. The Balaban J connectivity index is 1.98. The quantitative estimate of drug-likeness (QED) is 0.718. The Morgan fingerprint density at radius 2 is 1.77 bits per heavy atom. The Morgan fingerprint density at radius 1 is 1.15 bits per heavy atom. The first-order chi connectivity index (χ1) is 12.3. The third kappa shape index (κ3) is 3.59. The molecule has 2 aromatic rings. The summed E-state index contributed by atoms with van der Waals surface area (Å²) in [6.07, 6.45) is 0.230. The molecule has 8 nitrogen and oxygen atoms in total. The maximum Gasteiger partial charge on any atom is 0.352 e. The highest BCUT2D eigenvalue weighted by Crippen LogP contribution is 2.35. The number of nitrogens with zero attached hydrogens (tertiary/aromatic N) is 2. The molecule has 1 heterocycles. The van der Waals surface area contributed by atoms with Gasteiger partial charge in [0.25, 0.3) is 0 Å². The second-order valence-electron chi connectivity index (χ2n) is 5.90. The first-order valence-electron chi connectivity index (χ1n) is 7.81. The minimum absolute atomic E-state index is 0.0215. The monoisotopic (exact) mass is 374 g/mol. The van der Waals surface area contributed by atoms with Crippen LogP contribution in [-0.2, 0) is 21.4 Å². The number of anilines is 1. The number of hydrogen-bond donors (Lipinski definition) is 3. The molecule has 0 saturated heterocycles. The van der Waals surface area contributed by atoms with Crippen molar-refractivity contribution in [1.82, 2.24) is 0 Å². The molecule has 9 heteroatoms. The molecule has 0 amide bonds. The fourth-order valence-electron chi connectivity index (χ4n) is 2.80. The van der Waals surface area contributed by atoms with E-state index in [-0.39, 0.29) is 23.1 Å². The third-order valence-corrected chi connectivity index (χ3v) is 5.12. The van der Waals surface area contributed by atoms with Crippen molar-refractivity contribution < 1.29 is 18.3 Å². The SMILES string of the molecule is NCc1ccc(C2CC(C(=O)O)=NN2c2ccc(S(N)(=O)=O)cc2)cc1. The summed E-state index contributed by atoms with van der Waals surface area (Å²) in [5.41, 5.74) is 8.07. The number of benzene rings is 2. The number of nitrogens with two attached hydrogens (primary N) is 2. The van der Waals surface area contributed by atoms with Crippen molar-refractivity contribution in [3.8, 4) is 0 Å². The average molecular weight is 374 g/mol. The van der Waals surface area contributed by atoms with Crippen LogP contribution in [0.25, 0.3) is 0 Å². The Bertz CT molecular complexity index is 953. The van der Waals surface area contributed by atoms with Gasteiger partial charge in [0.2, 0.25) is 10.0 Å². The summed E-state index contributed by atoms with van der Waals surface area (Å²) in [6.45, 7) is 0.417. The third-order valence-electron chi connectivity index (χ3n) is 4.19. The summed E-state index contributed by atoms with van der Waals surface area (Å²) >= 11 is 0. The van der Waals surface area contributed by atoms with Crippen LogP contribution in [0.1, 0.15) is 23.6 Å². The van der Waals surface area contributed by atoms with Crippen LogP contribution in [0.15, 0.2) is 58.5 Å². The number of carbonyl (C=O) groups is 1. The van der Waals surface area contributed by atoms with E-state index in [1.807, 2.05) is 24.3 Å². The van der Waals surface area contributed by atoms with E-state index in [1.165, 1.54) is 12.1 Å². The molecule has 3 rings (SSSR count). The van der Waals surface area contributed by atoms with Crippen molar-refractivity contribution in [2.75, 3.05) is 5.01 Å². The van der Waals surface area contributed by atoms with Crippen LogP contribution in [0.5, 0.6) is 0 Å². The molecule has 0 saturated carbocycles. The van der Waals surface area contributed by atoms with Crippen LogP contribution in [0.3, 0.4) is 0 Å². The molecule has 0 radical (unpaired) electrons. The lowest BCUT2D eigenvalue weighted by atomic mass is 10.00. The average Bonchev–Trinajstić information content (AvgIpc) is 3.07. The van der Waals surface area contributed by atoms with E-state index in [4.69, 9.17) is 10.9 Å². The molecule has 1 unspecified atom stereocenters. The molecule has 2 aromatic carbocycles. The number of sulfonamides is 1. The molecular formula is C17H18N4O4S. The number of hydrazone groups is 1. The highest BCUT2D eigenvalue weighted by molar-refractivity contribution is 7.89. The van der Waals surface area contributed by atoms with Gasteiger partial charge in [-0.1, -0.05) is 24.3 Å². The fraction of sp³-hybridized carbons (Fsp3) is 0.176. The van der Waals surface area contributed by atoms with Gasteiger partial charge in [0.15, 0.2) is 0 Å². The van der Waals surface area contributed by atoms with Crippen LogP contribution < -0.4 is 15.9 Å². The Morgan fingerprint density at radius 3 is 2.27 bits per heavy atom. The van der Waals surface area contributed by atoms with Crippen molar-refractivity contribution in [2.45, 2.75) is 23.9 Å². The molecule has 136 valence electrons. The second kappa shape index (κ2) is 6.87. The van der Waals surface area contributed by atoms with Gasteiger partial charge in [0, 0.05) is 13.0 Å². The summed E-state index contributed by atoms with van der Waals surface area (Å²) in [5, 5.41) is 20.2. The van der Waals surface area contributed by atoms with Crippen molar-refractivity contribution in [2.24, 2.45) is 16.0 Å². The van der Waals surface area contributed by atoms with E-state index >= 15 is 0 Å². The smallest absolute Gasteiger partial charge is 0.352 e. The first kappa shape index (κ1) is 18.1. The maximum atomic E-state index is 11.4. The summed E-state index contributed by atoms with van der Waals surface area (Å²) in [4.78, 5) is 11.3. The van der Waals surface area contributed by atoms with E-state index in [0.717, 1.165) is 11.1 Å². The van der Waals surface area contributed by atoms with Crippen molar-refractivity contribution >= 4 is 27.4 Å². The molecule has 0 fully saturated rings. The lowest BCUT2D eigenvalue weighted by Gasteiger charge is -2.24. The van der Waals surface area contributed by atoms with Gasteiger partial charge < -0.3 is 10.8 Å². The molecule has 1 atom stereocenters. The first-order valence-corrected chi connectivity index (χ1v) is 9.36. The van der Waals surface area contributed by atoms with E-state index in [0.29, 0.717) is 12.2 Å². The molecule has 1 aliphatic rings. The van der Waals surface area contributed by atoms with Crippen molar-refractivity contribution in [3.05, 3.63) is 59.7 Å². The van der Waals surface area contributed by atoms with E-state index in [1.54, 1.807) is 17.1 Å². The minimum Gasteiger partial charge on any atom is -0.477 e. The molecule has 26 heavy (non-hydrogen) atoms. The summed E-state index contributed by atoms with van der Waals surface area (Å²) in [7, 11) is -3.80. The van der Waals surface area contributed by atoms with Gasteiger partial charge in [-0.3, -0.25) is 5.01 Å². The molecule has 5 N–H and O–H groups in total. The number of primary sulfonamides is 1. The lowest BCUT2D eigenvalue weighted by Crippen LogP contribution is -2.19. The zero-order valence-electron chi connectivity index (χ0n) is 13.7. The van der Waals surface area contributed by atoms with Crippen LogP contribution in [0.2, 0.25) is 0 Å². The molecule has 0 aromatic heterocycles. The van der Waals surface area contributed by atoms with Gasteiger partial charge >= 0.3 is 5.97 Å². The molecule has 0 aliphatic carbocycles. The zero-order valence-corrected chi connectivity index (χ0v) is 14.6. The van der Waals surface area contributed by atoms with Crippen molar-refractivity contribution in [1.29, 1.82) is 0 Å².